The highest BCUT2D eigenvalue weighted by atomic mass is 15.2. The molecule has 1 aromatic heterocycles. The van der Waals surface area contributed by atoms with Gasteiger partial charge in [-0.05, 0) is 32.4 Å². The molecule has 4 nitrogen and oxygen atoms in total. The van der Waals surface area contributed by atoms with Crippen molar-refractivity contribution >= 4 is 5.82 Å². The largest absolute Gasteiger partial charge is 0.344 e. The lowest BCUT2D eigenvalue weighted by atomic mass is 9.92. The second-order valence-corrected chi connectivity index (χ2v) is 4.28. The Morgan fingerprint density at radius 2 is 2.13 bits per heavy atom. The predicted octanol–water partition coefficient (Wildman–Crippen LogP) is 1.26. The van der Waals surface area contributed by atoms with Gasteiger partial charge in [-0.25, -0.2) is 0 Å². The lowest BCUT2D eigenvalue weighted by molar-refractivity contribution is 0.420. The number of nitrogens with zero attached hydrogens (tertiary/aromatic N) is 1. The summed E-state index contributed by atoms with van der Waals surface area (Å²) in [5.41, 5.74) is 2.65. The number of fused-ring (bicyclic) bond motifs is 1. The van der Waals surface area contributed by atoms with E-state index in [-0.39, 0.29) is 0 Å². The van der Waals surface area contributed by atoms with Gasteiger partial charge < -0.3 is 10.6 Å². The van der Waals surface area contributed by atoms with E-state index < -0.39 is 0 Å². The van der Waals surface area contributed by atoms with Gasteiger partial charge in [-0.2, -0.15) is 5.10 Å². The number of aromatic amines is 1. The first-order chi connectivity index (χ1) is 7.43. The molecule has 3 rings (SSSR count). The average molecular weight is 204 g/mol. The minimum Gasteiger partial charge on any atom is -0.344 e. The van der Waals surface area contributed by atoms with Crippen molar-refractivity contribution in [1.29, 1.82) is 0 Å². The number of aromatic nitrogens is 2. The number of piperidine rings is 1. The van der Waals surface area contributed by atoms with Crippen molar-refractivity contribution in [3.8, 4) is 0 Å². The number of rotatable bonds is 1. The quantitative estimate of drug-likeness (QED) is 0.645. The van der Waals surface area contributed by atoms with Crippen LogP contribution in [0.2, 0.25) is 0 Å². The average Bonchev–Trinajstić information content (AvgIpc) is 2.77. The van der Waals surface area contributed by atoms with Crippen LogP contribution >= 0.6 is 0 Å². The van der Waals surface area contributed by atoms with Crippen LogP contribution in [-0.2, 0) is 6.42 Å². The molecule has 4 heteroatoms. The third-order valence-electron chi connectivity index (χ3n) is 3.31. The summed E-state index contributed by atoms with van der Waals surface area (Å²) in [7, 11) is 0. The number of H-pyrrole nitrogens is 1. The molecule has 0 aromatic carbocycles. The summed E-state index contributed by atoms with van der Waals surface area (Å²) in [6.45, 7) is 2.28. The summed E-state index contributed by atoms with van der Waals surface area (Å²) in [5.74, 6) is 1.79. The molecule has 3 N–H and O–H groups in total. The van der Waals surface area contributed by atoms with Crippen molar-refractivity contribution in [2.45, 2.75) is 19.3 Å². The van der Waals surface area contributed by atoms with E-state index in [1.165, 1.54) is 24.1 Å². The van der Waals surface area contributed by atoms with Crippen LogP contribution in [0, 0.1) is 5.92 Å². The van der Waals surface area contributed by atoms with Crippen molar-refractivity contribution in [1.82, 2.24) is 15.5 Å². The fourth-order valence-electron chi connectivity index (χ4n) is 2.39. The maximum atomic E-state index is 4.05. The number of hydrogen-bond acceptors (Lipinski definition) is 3. The number of nitrogens with one attached hydrogen (secondary N) is 3. The lowest BCUT2D eigenvalue weighted by Gasteiger charge is -2.27. The molecule has 0 aliphatic carbocycles. The molecule has 0 radical (unpaired) electrons. The molecule has 0 atom stereocenters. The van der Waals surface area contributed by atoms with E-state index in [0.717, 1.165) is 25.3 Å². The Labute approximate surface area is 89.1 Å². The summed E-state index contributed by atoms with van der Waals surface area (Å²) >= 11 is 0. The highest BCUT2D eigenvalue weighted by Gasteiger charge is 2.21. The molecule has 3 heterocycles. The molecule has 1 saturated heterocycles. The summed E-state index contributed by atoms with van der Waals surface area (Å²) in [6, 6.07) is 0. The minimum atomic E-state index is 0.697. The summed E-state index contributed by atoms with van der Waals surface area (Å²) in [4.78, 5) is 0. The first kappa shape index (κ1) is 8.97. The fraction of sp³-hybridized carbons (Fsp3) is 0.545. The van der Waals surface area contributed by atoms with E-state index >= 15 is 0 Å². The second kappa shape index (κ2) is 3.70. The molecule has 0 bridgehead atoms. The number of hydrogen-bond donors (Lipinski definition) is 3. The van der Waals surface area contributed by atoms with E-state index in [9.17, 15) is 0 Å². The van der Waals surface area contributed by atoms with Crippen LogP contribution in [0.1, 0.15) is 18.4 Å². The molecule has 80 valence electrons. The monoisotopic (exact) mass is 204 g/mol. The van der Waals surface area contributed by atoms with Gasteiger partial charge in [0.1, 0.15) is 5.82 Å². The van der Waals surface area contributed by atoms with Crippen LogP contribution in [0.4, 0.5) is 5.82 Å². The molecule has 2 aliphatic heterocycles. The Kier molecular flexibility index (Phi) is 2.21. The van der Waals surface area contributed by atoms with Gasteiger partial charge in [-0.3, -0.25) is 5.10 Å². The van der Waals surface area contributed by atoms with E-state index in [0.29, 0.717) is 5.92 Å². The highest BCUT2D eigenvalue weighted by molar-refractivity contribution is 5.52. The van der Waals surface area contributed by atoms with Crippen molar-refractivity contribution in [3.05, 3.63) is 23.5 Å². The van der Waals surface area contributed by atoms with E-state index in [1.807, 2.05) is 6.20 Å². The molecular weight excluding hydrogens is 188 g/mol. The first-order valence-electron chi connectivity index (χ1n) is 5.63. The Hall–Kier alpha value is -1.29. The lowest BCUT2D eigenvalue weighted by Crippen LogP contribution is -2.31. The summed E-state index contributed by atoms with van der Waals surface area (Å²) in [6.07, 6.45) is 7.70. The summed E-state index contributed by atoms with van der Waals surface area (Å²) < 4.78 is 0. The Balaban J connectivity index is 1.75. The molecule has 1 aromatic rings. The van der Waals surface area contributed by atoms with Crippen molar-refractivity contribution in [2.75, 3.05) is 18.4 Å². The molecule has 0 amide bonds. The predicted molar refractivity (Wildman–Crippen MR) is 59.6 cm³/mol. The van der Waals surface area contributed by atoms with Gasteiger partial charge in [0.2, 0.25) is 0 Å². The highest BCUT2D eigenvalue weighted by Crippen LogP contribution is 2.28. The van der Waals surface area contributed by atoms with Crippen molar-refractivity contribution in [2.24, 2.45) is 5.92 Å². The van der Waals surface area contributed by atoms with Gasteiger partial charge in [-0.15, -0.1) is 0 Å². The van der Waals surface area contributed by atoms with Gasteiger partial charge in [0, 0.05) is 17.2 Å². The van der Waals surface area contributed by atoms with Crippen molar-refractivity contribution in [3.63, 3.8) is 0 Å². The zero-order valence-electron chi connectivity index (χ0n) is 8.71. The van der Waals surface area contributed by atoms with Crippen LogP contribution in [0.15, 0.2) is 18.0 Å². The van der Waals surface area contributed by atoms with E-state index in [1.54, 1.807) is 0 Å². The third kappa shape index (κ3) is 1.65. The number of allylic oxidation sites excluding steroid dienone is 2. The SMILES string of the molecule is C1=C(C2CCNCC2)Nc2[nH]ncc2C1. The van der Waals surface area contributed by atoms with Gasteiger partial charge in [0.05, 0.1) is 6.20 Å². The van der Waals surface area contributed by atoms with Crippen LogP contribution in [0.5, 0.6) is 0 Å². The van der Waals surface area contributed by atoms with E-state index in [2.05, 4.69) is 26.9 Å². The Bertz CT molecular complexity index is 374. The Morgan fingerprint density at radius 3 is 3.00 bits per heavy atom. The maximum absolute atomic E-state index is 4.05. The van der Waals surface area contributed by atoms with Gasteiger partial charge in [0.15, 0.2) is 0 Å². The molecule has 15 heavy (non-hydrogen) atoms. The second-order valence-electron chi connectivity index (χ2n) is 4.28. The normalized spacial score (nSPS) is 21.7. The zero-order valence-corrected chi connectivity index (χ0v) is 8.71. The Morgan fingerprint density at radius 1 is 1.27 bits per heavy atom. The zero-order chi connectivity index (χ0) is 10.1. The van der Waals surface area contributed by atoms with Crippen LogP contribution < -0.4 is 10.6 Å². The van der Waals surface area contributed by atoms with Crippen molar-refractivity contribution < 1.29 is 0 Å². The van der Waals surface area contributed by atoms with E-state index in [4.69, 9.17) is 0 Å². The topological polar surface area (TPSA) is 52.7 Å². The summed E-state index contributed by atoms with van der Waals surface area (Å²) in [5, 5.41) is 13.9. The smallest absolute Gasteiger partial charge is 0.129 e. The van der Waals surface area contributed by atoms with Crippen LogP contribution in [0.25, 0.3) is 0 Å². The fourth-order valence-corrected chi connectivity index (χ4v) is 2.39. The third-order valence-corrected chi connectivity index (χ3v) is 3.31. The molecule has 0 unspecified atom stereocenters. The maximum Gasteiger partial charge on any atom is 0.129 e. The minimum absolute atomic E-state index is 0.697. The molecule has 0 spiro atoms. The first-order valence-corrected chi connectivity index (χ1v) is 5.63. The number of anilines is 1. The standard InChI is InChI=1S/C11H16N4/c1-2-10(8-3-5-12-6-4-8)14-11-9(1)7-13-15-11/h2,7-8,12H,1,3-6H2,(H2,13,14,15). The van der Waals surface area contributed by atoms with Gasteiger partial charge >= 0.3 is 0 Å². The van der Waals surface area contributed by atoms with Gasteiger partial charge in [0.25, 0.3) is 0 Å². The molecular formula is C11H16N4. The van der Waals surface area contributed by atoms with Gasteiger partial charge in [-0.1, -0.05) is 6.08 Å². The molecule has 2 aliphatic rings. The molecule has 1 fully saturated rings. The molecule has 0 saturated carbocycles. The van der Waals surface area contributed by atoms with Crippen LogP contribution in [0.3, 0.4) is 0 Å². The van der Waals surface area contributed by atoms with Crippen LogP contribution in [-0.4, -0.2) is 23.3 Å².